The van der Waals surface area contributed by atoms with E-state index in [0.29, 0.717) is 6.54 Å². The van der Waals surface area contributed by atoms with Crippen LogP contribution in [0.3, 0.4) is 0 Å². The molecule has 0 radical (unpaired) electrons. The average Bonchev–Trinajstić information content (AvgIpc) is 2.70. The Labute approximate surface area is 97.9 Å². The molecule has 1 N–H and O–H groups in total. The van der Waals surface area contributed by atoms with Crippen molar-refractivity contribution in [2.75, 3.05) is 18.1 Å². The zero-order valence-corrected chi connectivity index (χ0v) is 9.06. The molecule has 2 rings (SSSR count). The smallest absolute Gasteiger partial charge is 0.227 e. The van der Waals surface area contributed by atoms with Gasteiger partial charge in [0.15, 0.2) is 0 Å². The number of amides is 1. The second-order valence-corrected chi connectivity index (χ2v) is 4.00. The van der Waals surface area contributed by atoms with Crippen LogP contribution in [0.15, 0.2) is 18.2 Å². The predicted molar refractivity (Wildman–Crippen MR) is 58.7 cm³/mol. The summed E-state index contributed by atoms with van der Waals surface area (Å²) in [4.78, 5) is 13.1. The number of nitrogens with zero attached hydrogens (tertiary/aromatic N) is 2. The van der Waals surface area contributed by atoms with Crippen LogP contribution < -0.4 is 4.90 Å². The fourth-order valence-electron chi connectivity index (χ4n) is 1.99. The molecule has 1 heterocycles. The van der Waals surface area contributed by atoms with Crippen LogP contribution in [0.5, 0.6) is 0 Å². The summed E-state index contributed by atoms with van der Waals surface area (Å²) in [5, 5.41) is 17.9. The number of rotatable bonds is 2. The highest BCUT2D eigenvalue weighted by molar-refractivity contribution is 5.97. The molecule has 17 heavy (non-hydrogen) atoms. The van der Waals surface area contributed by atoms with Crippen molar-refractivity contribution in [3.63, 3.8) is 0 Å². The van der Waals surface area contributed by atoms with Crippen molar-refractivity contribution in [1.82, 2.24) is 0 Å². The standard InChI is InChI=1S/C12H11FN2O2/c13-10-2-1-3-11(9(10)5-14)15-6-8(7-16)4-12(15)17/h1-3,8,16H,4,6-7H2. The number of hydrogen-bond acceptors (Lipinski definition) is 3. The van der Waals surface area contributed by atoms with E-state index < -0.39 is 5.82 Å². The van der Waals surface area contributed by atoms with Gasteiger partial charge in [-0.15, -0.1) is 0 Å². The minimum atomic E-state index is -0.634. The SMILES string of the molecule is N#Cc1c(F)cccc1N1CC(CO)CC1=O. The zero-order valence-electron chi connectivity index (χ0n) is 9.06. The Kier molecular flexibility index (Phi) is 3.07. The first kappa shape index (κ1) is 11.6. The van der Waals surface area contributed by atoms with Crippen LogP contribution in [0.1, 0.15) is 12.0 Å². The molecule has 0 saturated carbocycles. The first-order valence-electron chi connectivity index (χ1n) is 5.27. The molecule has 1 aliphatic heterocycles. The Balaban J connectivity index is 2.39. The quantitative estimate of drug-likeness (QED) is 0.831. The fourth-order valence-corrected chi connectivity index (χ4v) is 1.99. The summed E-state index contributed by atoms with van der Waals surface area (Å²) in [7, 11) is 0. The highest BCUT2D eigenvalue weighted by Gasteiger charge is 2.31. The third kappa shape index (κ3) is 1.99. The highest BCUT2D eigenvalue weighted by Crippen LogP contribution is 2.28. The van der Waals surface area contributed by atoms with Gasteiger partial charge in [0.1, 0.15) is 17.4 Å². The Hall–Kier alpha value is -1.93. The molecule has 4 nitrogen and oxygen atoms in total. The van der Waals surface area contributed by atoms with Crippen molar-refractivity contribution >= 4 is 11.6 Å². The largest absolute Gasteiger partial charge is 0.396 e. The third-order valence-electron chi connectivity index (χ3n) is 2.86. The first-order chi connectivity index (χ1) is 8.17. The van der Waals surface area contributed by atoms with Gasteiger partial charge in [-0.05, 0) is 12.1 Å². The second-order valence-electron chi connectivity index (χ2n) is 4.00. The van der Waals surface area contributed by atoms with E-state index in [4.69, 9.17) is 10.4 Å². The molecule has 1 saturated heterocycles. The van der Waals surface area contributed by atoms with Gasteiger partial charge in [-0.2, -0.15) is 5.26 Å². The Morgan fingerprint density at radius 2 is 2.35 bits per heavy atom. The van der Waals surface area contributed by atoms with Gasteiger partial charge in [0, 0.05) is 25.5 Å². The molecular weight excluding hydrogens is 223 g/mol. The maximum absolute atomic E-state index is 13.4. The van der Waals surface area contributed by atoms with E-state index in [1.165, 1.54) is 17.0 Å². The number of halogens is 1. The summed E-state index contributed by atoms with van der Waals surface area (Å²) in [5.41, 5.74) is 0.160. The third-order valence-corrected chi connectivity index (χ3v) is 2.86. The molecule has 1 amide bonds. The molecule has 1 unspecified atom stereocenters. The summed E-state index contributed by atoms with van der Waals surface area (Å²) < 4.78 is 13.4. The van der Waals surface area contributed by atoms with E-state index in [9.17, 15) is 9.18 Å². The van der Waals surface area contributed by atoms with Crippen molar-refractivity contribution in [2.24, 2.45) is 5.92 Å². The fraction of sp³-hybridized carbons (Fsp3) is 0.333. The highest BCUT2D eigenvalue weighted by atomic mass is 19.1. The molecule has 0 bridgehead atoms. The zero-order chi connectivity index (χ0) is 12.4. The van der Waals surface area contributed by atoms with Crippen LogP contribution in [0.25, 0.3) is 0 Å². The Morgan fingerprint density at radius 3 is 2.94 bits per heavy atom. The molecule has 1 aromatic carbocycles. The van der Waals surface area contributed by atoms with Crippen LogP contribution in [0.2, 0.25) is 0 Å². The van der Waals surface area contributed by atoms with Crippen molar-refractivity contribution in [2.45, 2.75) is 6.42 Å². The molecule has 0 spiro atoms. The number of hydrogen-bond donors (Lipinski definition) is 1. The molecule has 1 aliphatic rings. The lowest BCUT2D eigenvalue weighted by Gasteiger charge is -2.17. The van der Waals surface area contributed by atoms with Gasteiger partial charge >= 0.3 is 0 Å². The van der Waals surface area contributed by atoms with Gasteiger partial charge in [0.2, 0.25) is 5.91 Å². The van der Waals surface area contributed by atoms with Crippen molar-refractivity contribution in [3.8, 4) is 6.07 Å². The van der Waals surface area contributed by atoms with Crippen LogP contribution in [-0.4, -0.2) is 24.2 Å². The molecule has 0 aromatic heterocycles. The van der Waals surface area contributed by atoms with Gasteiger partial charge in [-0.3, -0.25) is 4.79 Å². The van der Waals surface area contributed by atoms with E-state index in [0.717, 1.165) is 0 Å². The van der Waals surface area contributed by atoms with Gasteiger partial charge in [-0.1, -0.05) is 6.07 Å². The molecule has 0 aliphatic carbocycles. The van der Waals surface area contributed by atoms with Crippen LogP contribution >= 0.6 is 0 Å². The summed E-state index contributed by atoms with van der Waals surface area (Å²) >= 11 is 0. The second kappa shape index (κ2) is 4.52. The van der Waals surface area contributed by atoms with Crippen LogP contribution in [0.4, 0.5) is 10.1 Å². The monoisotopic (exact) mass is 234 g/mol. The van der Waals surface area contributed by atoms with Crippen molar-refractivity contribution in [1.29, 1.82) is 5.26 Å². The predicted octanol–water partition coefficient (Wildman–Crippen LogP) is 1.04. The topological polar surface area (TPSA) is 64.3 Å². The number of carbonyl (C=O) groups is 1. The number of benzene rings is 1. The van der Waals surface area contributed by atoms with Crippen LogP contribution in [-0.2, 0) is 4.79 Å². The Morgan fingerprint density at radius 1 is 1.59 bits per heavy atom. The molecule has 1 fully saturated rings. The van der Waals surface area contributed by atoms with Crippen LogP contribution in [0, 0.1) is 23.1 Å². The van der Waals surface area contributed by atoms with Crippen molar-refractivity contribution < 1.29 is 14.3 Å². The average molecular weight is 234 g/mol. The minimum Gasteiger partial charge on any atom is -0.396 e. The number of anilines is 1. The summed E-state index contributed by atoms with van der Waals surface area (Å²) in [6, 6.07) is 5.95. The summed E-state index contributed by atoms with van der Waals surface area (Å²) in [6.45, 7) is 0.243. The van der Waals surface area contributed by atoms with E-state index in [1.54, 1.807) is 12.1 Å². The maximum Gasteiger partial charge on any atom is 0.227 e. The van der Waals surface area contributed by atoms with E-state index >= 15 is 0 Å². The summed E-state index contributed by atoms with van der Waals surface area (Å²) in [6.07, 6.45) is 0.234. The number of carbonyl (C=O) groups excluding carboxylic acids is 1. The molecular formula is C12H11FN2O2. The number of nitriles is 1. The van der Waals surface area contributed by atoms with E-state index in [-0.39, 0.29) is 36.1 Å². The number of aliphatic hydroxyl groups excluding tert-OH is 1. The maximum atomic E-state index is 13.4. The minimum absolute atomic E-state index is 0.0839. The number of aliphatic hydroxyl groups is 1. The summed E-state index contributed by atoms with van der Waals surface area (Å²) in [5.74, 6) is -0.964. The normalized spacial score (nSPS) is 19.5. The van der Waals surface area contributed by atoms with Crippen molar-refractivity contribution in [3.05, 3.63) is 29.6 Å². The lowest BCUT2D eigenvalue weighted by Crippen LogP contribution is -2.26. The lowest BCUT2D eigenvalue weighted by atomic mass is 10.1. The van der Waals surface area contributed by atoms with E-state index in [2.05, 4.69) is 0 Å². The molecule has 88 valence electrons. The molecule has 1 atom stereocenters. The lowest BCUT2D eigenvalue weighted by molar-refractivity contribution is -0.117. The van der Waals surface area contributed by atoms with Gasteiger partial charge in [-0.25, -0.2) is 4.39 Å². The first-order valence-corrected chi connectivity index (χ1v) is 5.27. The van der Waals surface area contributed by atoms with E-state index in [1.807, 2.05) is 0 Å². The van der Waals surface area contributed by atoms with Gasteiger partial charge < -0.3 is 10.0 Å². The van der Waals surface area contributed by atoms with Gasteiger partial charge in [0.05, 0.1) is 5.69 Å². The van der Waals surface area contributed by atoms with Gasteiger partial charge in [0.25, 0.3) is 0 Å². The molecule has 5 heteroatoms. The Bertz CT molecular complexity index is 496. The molecule has 1 aromatic rings.